The monoisotopic (exact) mass is 286 g/mol. The average molecular weight is 286 g/mol. The first-order valence-electron chi connectivity index (χ1n) is 7.53. The van der Waals surface area contributed by atoms with Crippen molar-refractivity contribution in [1.82, 2.24) is 10.3 Å². The summed E-state index contributed by atoms with van der Waals surface area (Å²) < 4.78 is 0. The first-order chi connectivity index (χ1) is 9.83. The molecule has 1 aromatic heterocycles. The molecule has 20 heavy (non-hydrogen) atoms. The fourth-order valence-corrected chi connectivity index (χ4v) is 3.85. The Morgan fingerprint density at radius 2 is 1.90 bits per heavy atom. The smallest absolute Gasteiger partial charge is 0.109 e. The van der Waals surface area contributed by atoms with E-state index in [0.717, 1.165) is 5.92 Å². The van der Waals surface area contributed by atoms with Crippen LogP contribution in [0, 0.1) is 0 Å². The number of rotatable bonds is 4. The second-order valence-electron chi connectivity index (χ2n) is 5.72. The number of hydrogen-bond donors (Lipinski definition) is 1. The van der Waals surface area contributed by atoms with Crippen LogP contribution >= 0.6 is 11.3 Å². The molecule has 0 spiro atoms. The lowest BCUT2D eigenvalue weighted by atomic mass is 9.81. The molecule has 2 nitrogen and oxygen atoms in total. The molecule has 0 radical (unpaired) electrons. The molecule has 0 amide bonds. The quantitative estimate of drug-likeness (QED) is 0.894. The molecule has 0 bridgehead atoms. The summed E-state index contributed by atoms with van der Waals surface area (Å²) >= 11 is 1.74. The van der Waals surface area contributed by atoms with E-state index in [1.165, 1.54) is 36.3 Å². The molecule has 0 aliphatic heterocycles. The zero-order valence-electron chi connectivity index (χ0n) is 12.0. The largest absolute Gasteiger partial charge is 0.305 e. The van der Waals surface area contributed by atoms with Crippen LogP contribution in [0.4, 0.5) is 0 Å². The van der Waals surface area contributed by atoms with Crippen molar-refractivity contribution in [2.24, 2.45) is 0 Å². The van der Waals surface area contributed by atoms with Crippen LogP contribution in [0.25, 0.3) is 0 Å². The Labute approximate surface area is 125 Å². The maximum atomic E-state index is 4.40. The van der Waals surface area contributed by atoms with Crippen molar-refractivity contribution in [3.05, 3.63) is 52.5 Å². The molecule has 3 rings (SSSR count). The molecule has 3 heteroatoms. The van der Waals surface area contributed by atoms with Gasteiger partial charge in [0.05, 0.1) is 6.04 Å². The predicted molar refractivity (Wildman–Crippen MR) is 85.1 cm³/mol. The van der Waals surface area contributed by atoms with Gasteiger partial charge in [-0.3, -0.25) is 0 Å². The topological polar surface area (TPSA) is 24.9 Å². The molecular weight excluding hydrogens is 264 g/mol. The molecule has 106 valence electrons. The first-order valence-corrected chi connectivity index (χ1v) is 8.41. The Kier molecular flexibility index (Phi) is 4.48. The Hall–Kier alpha value is -1.19. The summed E-state index contributed by atoms with van der Waals surface area (Å²) in [5.41, 5.74) is 1.51. The van der Waals surface area contributed by atoms with E-state index >= 15 is 0 Å². The highest BCUT2D eigenvalue weighted by Gasteiger charge is 2.23. The second kappa shape index (κ2) is 6.51. The lowest BCUT2D eigenvalue weighted by molar-refractivity contribution is 0.321. The van der Waals surface area contributed by atoms with Crippen LogP contribution in [0.15, 0.2) is 41.9 Å². The number of benzene rings is 1. The van der Waals surface area contributed by atoms with E-state index in [2.05, 4.69) is 52.9 Å². The highest BCUT2D eigenvalue weighted by molar-refractivity contribution is 7.09. The van der Waals surface area contributed by atoms with Gasteiger partial charge in [-0.05, 0) is 44.1 Å². The van der Waals surface area contributed by atoms with Crippen LogP contribution in [-0.4, -0.2) is 11.0 Å². The van der Waals surface area contributed by atoms with Crippen molar-refractivity contribution in [3.63, 3.8) is 0 Å². The van der Waals surface area contributed by atoms with Crippen molar-refractivity contribution in [2.75, 3.05) is 0 Å². The molecule has 1 saturated carbocycles. The van der Waals surface area contributed by atoms with Crippen molar-refractivity contribution in [3.8, 4) is 0 Å². The van der Waals surface area contributed by atoms with Crippen LogP contribution < -0.4 is 5.32 Å². The third-order valence-corrected chi connectivity index (χ3v) is 5.26. The Morgan fingerprint density at radius 1 is 1.15 bits per heavy atom. The van der Waals surface area contributed by atoms with Crippen LogP contribution in [0.2, 0.25) is 0 Å². The van der Waals surface area contributed by atoms with Crippen molar-refractivity contribution in [1.29, 1.82) is 0 Å². The number of nitrogens with one attached hydrogen (secondary N) is 1. The lowest BCUT2D eigenvalue weighted by Crippen LogP contribution is -2.34. The average Bonchev–Trinajstić information content (AvgIpc) is 3.03. The Bertz CT molecular complexity index is 501. The molecular formula is C17H22N2S. The van der Waals surface area contributed by atoms with Gasteiger partial charge in [0.2, 0.25) is 0 Å². The fourth-order valence-electron chi connectivity index (χ4n) is 3.19. The van der Waals surface area contributed by atoms with Crippen molar-refractivity contribution in [2.45, 2.75) is 50.6 Å². The minimum absolute atomic E-state index is 0.383. The molecule has 1 aliphatic rings. The highest BCUT2D eigenvalue weighted by atomic mass is 32.1. The van der Waals surface area contributed by atoms with Gasteiger partial charge in [0.25, 0.3) is 0 Å². The molecule has 1 aromatic carbocycles. The third kappa shape index (κ3) is 3.28. The van der Waals surface area contributed by atoms with Crippen LogP contribution in [0.1, 0.15) is 55.1 Å². The summed E-state index contributed by atoms with van der Waals surface area (Å²) in [6.45, 7) is 2.22. The molecule has 2 aromatic rings. The number of nitrogens with zero attached hydrogens (tertiary/aromatic N) is 1. The lowest BCUT2D eigenvalue weighted by Gasteiger charge is -2.31. The van der Waals surface area contributed by atoms with Gasteiger partial charge >= 0.3 is 0 Å². The van der Waals surface area contributed by atoms with E-state index in [-0.39, 0.29) is 0 Å². The van der Waals surface area contributed by atoms with E-state index in [9.17, 15) is 0 Å². The van der Waals surface area contributed by atoms with E-state index in [1.807, 2.05) is 6.20 Å². The van der Waals surface area contributed by atoms with Crippen molar-refractivity contribution < 1.29 is 0 Å². The van der Waals surface area contributed by atoms with E-state index < -0.39 is 0 Å². The maximum absolute atomic E-state index is 4.40. The van der Waals surface area contributed by atoms with Gasteiger partial charge in [0.15, 0.2) is 0 Å². The standard InChI is InChI=1S/C17H22N2S/c1-13(17-18-11-12-20-17)19-16-9-7-15(8-10-16)14-5-3-2-4-6-14/h2-6,11-13,15-16,19H,7-10H2,1H3. The Morgan fingerprint density at radius 3 is 2.55 bits per heavy atom. The highest BCUT2D eigenvalue weighted by Crippen LogP contribution is 2.33. The van der Waals surface area contributed by atoms with Crippen LogP contribution in [-0.2, 0) is 0 Å². The molecule has 1 aliphatic carbocycles. The van der Waals surface area contributed by atoms with Crippen LogP contribution in [0.5, 0.6) is 0 Å². The fraction of sp³-hybridized carbons (Fsp3) is 0.471. The zero-order valence-corrected chi connectivity index (χ0v) is 12.8. The van der Waals surface area contributed by atoms with Gasteiger partial charge in [-0.15, -0.1) is 11.3 Å². The van der Waals surface area contributed by atoms with Gasteiger partial charge in [-0.1, -0.05) is 30.3 Å². The SMILES string of the molecule is CC(NC1CCC(c2ccccc2)CC1)c1nccs1. The summed E-state index contributed by atoms with van der Waals surface area (Å²) in [5, 5.41) is 7.00. The minimum atomic E-state index is 0.383. The zero-order chi connectivity index (χ0) is 13.8. The molecule has 1 N–H and O–H groups in total. The van der Waals surface area contributed by atoms with Gasteiger partial charge in [-0.25, -0.2) is 4.98 Å². The van der Waals surface area contributed by atoms with Gasteiger partial charge < -0.3 is 5.32 Å². The van der Waals surface area contributed by atoms with E-state index in [0.29, 0.717) is 12.1 Å². The van der Waals surface area contributed by atoms with Gasteiger partial charge in [0, 0.05) is 17.6 Å². The third-order valence-electron chi connectivity index (χ3n) is 4.31. The number of aromatic nitrogens is 1. The number of thiazole rings is 1. The molecule has 0 saturated heterocycles. The van der Waals surface area contributed by atoms with Crippen LogP contribution in [0.3, 0.4) is 0 Å². The van der Waals surface area contributed by atoms with Gasteiger partial charge in [-0.2, -0.15) is 0 Å². The normalized spacial score (nSPS) is 24.4. The number of hydrogen-bond acceptors (Lipinski definition) is 3. The summed E-state index contributed by atoms with van der Waals surface area (Å²) in [4.78, 5) is 4.40. The van der Waals surface area contributed by atoms with E-state index in [4.69, 9.17) is 0 Å². The van der Waals surface area contributed by atoms with Gasteiger partial charge in [0.1, 0.15) is 5.01 Å². The summed E-state index contributed by atoms with van der Waals surface area (Å²) in [7, 11) is 0. The minimum Gasteiger partial charge on any atom is -0.305 e. The molecule has 1 fully saturated rings. The molecule has 1 atom stereocenters. The first kappa shape index (κ1) is 13.8. The molecule has 1 heterocycles. The summed E-state index contributed by atoms with van der Waals surface area (Å²) in [5.74, 6) is 0.754. The summed E-state index contributed by atoms with van der Waals surface area (Å²) in [6.07, 6.45) is 7.04. The van der Waals surface area contributed by atoms with E-state index in [1.54, 1.807) is 11.3 Å². The van der Waals surface area contributed by atoms with Crippen molar-refractivity contribution >= 4 is 11.3 Å². The second-order valence-corrected chi connectivity index (χ2v) is 6.64. The molecule has 1 unspecified atom stereocenters. The predicted octanol–water partition coefficient (Wildman–Crippen LogP) is 4.52. The Balaban J connectivity index is 1.51. The summed E-state index contributed by atoms with van der Waals surface area (Å²) in [6, 6.07) is 12.0. The maximum Gasteiger partial charge on any atom is 0.109 e.